The molecule has 6 nitrogen and oxygen atoms in total. The second-order valence-electron chi connectivity index (χ2n) is 6.86. The summed E-state index contributed by atoms with van der Waals surface area (Å²) < 4.78 is 0. The summed E-state index contributed by atoms with van der Waals surface area (Å²) in [5.74, 6) is 0.479. The minimum absolute atomic E-state index is 0.00334. The molecule has 138 valence electrons. The van der Waals surface area contributed by atoms with Crippen LogP contribution in [0.25, 0.3) is 21.9 Å². The lowest BCUT2D eigenvalue weighted by Gasteiger charge is -2.13. The van der Waals surface area contributed by atoms with E-state index in [9.17, 15) is 4.79 Å². The summed E-state index contributed by atoms with van der Waals surface area (Å²) in [7, 11) is 1.86. The number of fused-ring (bicyclic) bond motifs is 1. The Labute approximate surface area is 162 Å². The molecule has 1 aromatic carbocycles. The summed E-state index contributed by atoms with van der Waals surface area (Å²) in [5, 5.41) is 8.09. The fraction of sp³-hybridized carbons (Fsp3) is 0.250. The van der Waals surface area contributed by atoms with Crippen molar-refractivity contribution in [3.05, 3.63) is 47.4 Å². The van der Waals surface area contributed by atoms with E-state index in [1.165, 1.54) is 0 Å². The summed E-state index contributed by atoms with van der Waals surface area (Å²) in [6, 6.07) is 5.97. The van der Waals surface area contributed by atoms with Gasteiger partial charge in [-0.1, -0.05) is 11.6 Å². The molecule has 3 aromatic rings. The lowest BCUT2D eigenvalue weighted by molar-refractivity contribution is -0.117. The molecule has 2 heterocycles. The fourth-order valence-electron chi connectivity index (χ4n) is 3.33. The molecule has 2 atom stereocenters. The van der Waals surface area contributed by atoms with Crippen LogP contribution in [0.2, 0.25) is 5.02 Å². The van der Waals surface area contributed by atoms with E-state index >= 15 is 0 Å². The largest absolute Gasteiger partial charge is 0.397 e. The number of amides is 1. The number of pyridine rings is 2. The lowest BCUT2D eigenvalue weighted by atomic mass is 9.99. The van der Waals surface area contributed by atoms with E-state index in [0.717, 1.165) is 33.9 Å². The van der Waals surface area contributed by atoms with E-state index in [-0.39, 0.29) is 17.9 Å². The molecule has 7 heteroatoms. The average Bonchev–Trinajstić information content (AvgIpc) is 3.45. The third kappa shape index (κ3) is 3.22. The molecule has 0 unspecified atom stereocenters. The fourth-order valence-corrected chi connectivity index (χ4v) is 3.59. The third-order valence-corrected chi connectivity index (χ3v) is 5.48. The number of anilines is 2. The zero-order chi connectivity index (χ0) is 19.1. The van der Waals surface area contributed by atoms with Gasteiger partial charge in [0.05, 0.1) is 16.6 Å². The Kier molecular flexibility index (Phi) is 4.45. The molecule has 1 amide bonds. The van der Waals surface area contributed by atoms with Crippen molar-refractivity contribution in [2.45, 2.75) is 19.4 Å². The molecule has 1 fully saturated rings. The molecule has 27 heavy (non-hydrogen) atoms. The average molecular weight is 382 g/mol. The van der Waals surface area contributed by atoms with Gasteiger partial charge >= 0.3 is 0 Å². The maximum absolute atomic E-state index is 12.3. The van der Waals surface area contributed by atoms with Crippen molar-refractivity contribution in [2.75, 3.05) is 18.1 Å². The molecule has 4 rings (SSSR count). The van der Waals surface area contributed by atoms with Crippen molar-refractivity contribution in [1.29, 1.82) is 0 Å². The molecule has 2 aromatic heterocycles. The van der Waals surface area contributed by atoms with Crippen LogP contribution in [-0.4, -0.2) is 29.0 Å². The first kappa shape index (κ1) is 17.7. The molecule has 4 N–H and O–H groups in total. The topological polar surface area (TPSA) is 92.9 Å². The molecule has 0 bridgehead atoms. The first-order chi connectivity index (χ1) is 13.0. The second-order valence-corrected chi connectivity index (χ2v) is 7.24. The molecule has 1 aliphatic rings. The highest BCUT2D eigenvalue weighted by molar-refractivity contribution is 6.37. The van der Waals surface area contributed by atoms with E-state index in [1.807, 2.05) is 32.2 Å². The van der Waals surface area contributed by atoms with E-state index in [4.69, 9.17) is 17.3 Å². The highest BCUT2D eigenvalue weighted by Gasteiger charge is 2.41. The Morgan fingerprint density at radius 2 is 2.11 bits per heavy atom. The quantitative estimate of drug-likeness (QED) is 0.602. The summed E-state index contributed by atoms with van der Waals surface area (Å²) in [6.07, 6.45) is 6.01. The van der Waals surface area contributed by atoms with Gasteiger partial charge in [0.2, 0.25) is 5.91 Å². The molecule has 0 spiro atoms. The van der Waals surface area contributed by atoms with Gasteiger partial charge in [0.25, 0.3) is 0 Å². The van der Waals surface area contributed by atoms with Crippen LogP contribution in [-0.2, 0) is 4.79 Å². The van der Waals surface area contributed by atoms with Gasteiger partial charge in [-0.15, -0.1) is 0 Å². The third-order valence-electron chi connectivity index (χ3n) is 5.08. The minimum Gasteiger partial charge on any atom is -0.397 e. The van der Waals surface area contributed by atoms with E-state index in [1.54, 1.807) is 18.6 Å². The van der Waals surface area contributed by atoms with Crippen molar-refractivity contribution in [1.82, 2.24) is 15.3 Å². The SMILES string of the molecule is CN[C@@H]1C[C@H]1C(=O)Nc1cc2cc(-c3cnccc3C)c(Cl)c(N)c2cn1. The summed E-state index contributed by atoms with van der Waals surface area (Å²) in [6.45, 7) is 2.00. The Morgan fingerprint density at radius 1 is 1.30 bits per heavy atom. The first-order valence-electron chi connectivity index (χ1n) is 8.76. The van der Waals surface area contributed by atoms with E-state index in [2.05, 4.69) is 20.6 Å². The van der Waals surface area contributed by atoms with Crippen LogP contribution >= 0.6 is 11.6 Å². The number of hydrogen-bond donors (Lipinski definition) is 3. The van der Waals surface area contributed by atoms with Crippen LogP contribution in [0.3, 0.4) is 0 Å². The highest BCUT2D eigenvalue weighted by atomic mass is 35.5. The van der Waals surface area contributed by atoms with Crippen molar-refractivity contribution < 1.29 is 4.79 Å². The number of nitrogens with two attached hydrogens (primary N) is 1. The Bertz CT molecular complexity index is 1050. The van der Waals surface area contributed by atoms with Crippen molar-refractivity contribution in [3.63, 3.8) is 0 Å². The molecule has 1 saturated carbocycles. The monoisotopic (exact) mass is 381 g/mol. The first-order valence-corrected chi connectivity index (χ1v) is 9.14. The predicted molar refractivity (Wildman–Crippen MR) is 109 cm³/mol. The van der Waals surface area contributed by atoms with Crippen molar-refractivity contribution >= 4 is 39.8 Å². The van der Waals surface area contributed by atoms with Crippen molar-refractivity contribution in [3.8, 4) is 11.1 Å². The normalized spacial score (nSPS) is 18.5. The van der Waals surface area contributed by atoms with Gasteiger partial charge in [-0.25, -0.2) is 4.98 Å². The number of hydrogen-bond acceptors (Lipinski definition) is 5. The van der Waals surface area contributed by atoms with Gasteiger partial charge in [0.15, 0.2) is 0 Å². The van der Waals surface area contributed by atoms with Gasteiger partial charge in [0, 0.05) is 41.1 Å². The Morgan fingerprint density at radius 3 is 2.81 bits per heavy atom. The number of carbonyl (C=O) groups is 1. The maximum atomic E-state index is 12.3. The molecule has 0 radical (unpaired) electrons. The van der Waals surface area contributed by atoms with Crippen LogP contribution in [0.4, 0.5) is 11.5 Å². The zero-order valence-corrected chi connectivity index (χ0v) is 15.8. The van der Waals surface area contributed by atoms with Crippen LogP contribution in [0.15, 0.2) is 36.8 Å². The Balaban J connectivity index is 1.73. The lowest BCUT2D eigenvalue weighted by Crippen LogP contribution is -2.21. The van der Waals surface area contributed by atoms with Crippen LogP contribution in [0.5, 0.6) is 0 Å². The number of nitrogens with one attached hydrogen (secondary N) is 2. The molecule has 0 aliphatic heterocycles. The second kappa shape index (κ2) is 6.79. The van der Waals surface area contributed by atoms with Gasteiger partial charge in [-0.2, -0.15) is 0 Å². The van der Waals surface area contributed by atoms with Crippen molar-refractivity contribution in [2.24, 2.45) is 5.92 Å². The number of aryl methyl sites for hydroxylation is 1. The van der Waals surface area contributed by atoms with Crippen LogP contribution in [0, 0.1) is 12.8 Å². The van der Waals surface area contributed by atoms with E-state index in [0.29, 0.717) is 16.5 Å². The number of rotatable bonds is 4. The maximum Gasteiger partial charge on any atom is 0.230 e. The molecular formula is C20H20ClN5O. The standard InChI is InChI=1S/C20H20ClN5O/c1-10-3-4-24-8-14(10)12-5-11-6-17(25-9-15(11)19(22)18(12)21)26-20(27)13-7-16(13)23-2/h3-6,8-9,13,16,23H,7,22H2,1-2H3,(H,25,26,27)/t13-,16-/m1/s1. The van der Waals surface area contributed by atoms with Gasteiger partial charge in [0.1, 0.15) is 5.82 Å². The summed E-state index contributed by atoms with van der Waals surface area (Å²) in [5.41, 5.74) is 9.53. The van der Waals surface area contributed by atoms with E-state index < -0.39 is 0 Å². The number of carbonyl (C=O) groups excluding carboxylic acids is 1. The summed E-state index contributed by atoms with van der Waals surface area (Å²) in [4.78, 5) is 20.8. The summed E-state index contributed by atoms with van der Waals surface area (Å²) >= 11 is 6.53. The highest BCUT2D eigenvalue weighted by Crippen LogP contribution is 2.39. The van der Waals surface area contributed by atoms with Gasteiger partial charge < -0.3 is 16.4 Å². The zero-order valence-electron chi connectivity index (χ0n) is 15.1. The molecule has 0 saturated heterocycles. The van der Waals surface area contributed by atoms with Gasteiger partial charge in [-0.3, -0.25) is 9.78 Å². The number of aromatic nitrogens is 2. The molecular weight excluding hydrogens is 362 g/mol. The predicted octanol–water partition coefficient (Wildman–Crippen LogP) is 3.39. The number of benzene rings is 1. The number of nitrogen functional groups attached to an aromatic ring is 1. The van der Waals surface area contributed by atoms with Crippen LogP contribution in [0.1, 0.15) is 12.0 Å². The van der Waals surface area contributed by atoms with Crippen LogP contribution < -0.4 is 16.4 Å². The Hall–Kier alpha value is -2.70. The molecule has 1 aliphatic carbocycles. The number of nitrogens with zero attached hydrogens (tertiary/aromatic N) is 2. The minimum atomic E-state index is -0.0218. The smallest absolute Gasteiger partial charge is 0.230 e. The van der Waals surface area contributed by atoms with Gasteiger partial charge in [-0.05, 0) is 49.5 Å². The number of halogens is 1.